The first-order valence-electron chi connectivity index (χ1n) is 13.9. The van der Waals surface area contributed by atoms with Gasteiger partial charge in [0.1, 0.15) is 5.75 Å². The summed E-state index contributed by atoms with van der Waals surface area (Å²) in [7, 11) is 4.80. The molecule has 6 rings (SSSR count). The lowest BCUT2D eigenvalue weighted by atomic mass is 9.78. The average molecular weight is 561 g/mol. The number of benzene rings is 4. The van der Waals surface area contributed by atoms with Crippen molar-refractivity contribution < 1.29 is 23.8 Å². The van der Waals surface area contributed by atoms with Crippen LogP contribution in [0.15, 0.2) is 108 Å². The molecule has 2 atom stereocenters. The number of rotatable bonds is 6. The number of allylic oxidation sites excluding steroid dienone is 1. The second-order valence-electron chi connectivity index (χ2n) is 10.4. The highest BCUT2D eigenvalue weighted by atomic mass is 16.5. The predicted octanol–water partition coefficient (Wildman–Crippen LogP) is 6.93. The van der Waals surface area contributed by atoms with Gasteiger partial charge < -0.3 is 19.5 Å². The summed E-state index contributed by atoms with van der Waals surface area (Å²) in [5.74, 6) is 1.62. The fourth-order valence-corrected chi connectivity index (χ4v) is 5.98. The smallest absolute Gasteiger partial charge is 0.259 e. The predicted molar refractivity (Wildman–Crippen MR) is 163 cm³/mol. The molecular weight excluding hydrogens is 528 g/mol. The molecule has 1 amide bonds. The Balaban J connectivity index is 1.56. The Morgan fingerprint density at radius 1 is 0.762 bits per heavy atom. The summed E-state index contributed by atoms with van der Waals surface area (Å²) in [6.07, 6.45) is 0.930. The molecule has 2 unspecified atom stereocenters. The largest absolute Gasteiger partial charge is 0.497 e. The third-order valence-electron chi connectivity index (χ3n) is 8.04. The molecule has 0 fully saturated rings. The highest BCUT2D eigenvalue weighted by Crippen LogP contribution is 2.48. The molecule has 1 N–H and O–H groups in total. The number of carbonyl (C=O) groups is 2. The van der Waals surface area contributed by atoms with Crippen LogP contribution in [0.25, 0.3) is 0 Å². The first-order chi connectivity index (χ1) is 20.5. The average Bonchev–Trinajstić information content (AvgIpc) is 3.19. The number of hydrogen-bond donors (Lipinski definition) is 1. The Kier molecular flexibility index (Phi) is 7.40. The first-order valence-corrected chi connectivity index (χ1v) is 13.9. The van der Waals surface area contributed by atoms with Gasteiger partial charge in [0.05, 0.1) is 38.7 Å². The van der Waals surface area contributed by atoms with E-state index in [0.29, 0.717) is 41.2 Å². The van der Waals surface area contributed by atoms with Crippen LogP contribution < -0.4 is 24.4 Å². The van der Waals surface area contributed by atoms with E-state index in [9.17, 15) is 9.59 Å². The van der Waals surface area contributed by atoms with E-state index in [-0.39, 0.29) is 17.6 Å². The maximum atomic E-state index is 14.4. The van der Waals surface area contributed by atoms with Gasteiger partial charge >= 0.3 is 0 Å². The fraction of sp³-hybridized carbons (Fsp3) is 0.200. The number of ether oxygens (including phenoxy) is 3. The Bertz CT molecular complexity index is 1660. The van der Waals surface area contributed by atoms with E-state index < -0.39 is 6.04 Å². The highest BCUT2D eigenvalue weighted by Gasteiger charge is 2.42. The van der Waals surface area contributed by atoms with Crippen molar-refractivity contribution in [1.29, 1.82) is 0 Å². The Morgan fingerprint density at radius 2 is 1.45 bits per heavy atom. The number of para-hydroxylation sites is 2. The second-order valence-corrected chi connectivity index (χ2v) is 10.4. The van der Waals surface area contributed by atoms with Crippen molar-refractivity contribution in [2.24, 2.45) is 0 Å². The SMILES string of the molecule is COc1ccc(C2CC(=O)C3=C(C2)Nc2ccccc2N(C(=O)c2ccccc2)C3c2ccc(OC)c(OC)c2)cc1. The molecule has 0 spiro atoms. The van der Waals surface area contributed by atoms with E-state index in [1.54, 1.807) is 38.4 Å². The Hall–Kier alpha value is -5.04. The minimum absolute atomic E-state index is 0.0111. The van der Waals surface area contributed by atoms with Crippen LogP contribution in [-0.2, 0) is 4.79 Å². The van der Waals surface area contributed by atoms with Gasteiger partial charge in [-0.05, 0) is 72.0 Å². The zero-order chi connectivity index (χ0) is 29.2. The van der Waals surface area contributed by atoms with Gasteiger partial charge in [0.2, 0.25) is 0 Å². The summed E-state index contributed by atoms with van der Waals surface area (Å²) in [5, 5.41) is 3.59. The number of anilines is 2. The molecule has 1 aliphatic heterocycles. The normalized spacial score (nSPS) is 17.9. The van der Waals surface area contributed by atoms with Gasteiger partial charge in [-0.25, -0.2) is 0 Å². The molecule has 1 aliphatic carbocycles. The lowest BCUT2D eigenvalue weighted by molar-refractivity contribution is -0.116. The van der Waals surface area contributed by atoms with Crippen LogP contribution in [0, 0.1) is 0 Å². The quantitative estimate of drug-likeness (QED) is 0.276. The maximum absolute atomic E-state index is 14.4. The zero-order valence-corrected chi connectivity index (χ0v) is 23.8. The molecule has 0 radical (unpaired) electrons. The molecule has 4 aromatic carbocycles. The third kappa shape index (κ3) is 4.87. The molecule has 0 saturated carbocycles. The van der Waals surface area contributed by atoms with Crippen LogP contribution in [-0.4, -0.2) is 33.0 Å². The van der Waals surface area contributed by atoms with Crippen molar-refractivity contribution in [2.45, 2.75) is 24.8 Å². The summed E-state index contributed by atoms with van der Waals surface area (Å²) in [5.41, 5.74) is 5.18. The van der Waals surface area contributed by atoms with Gasteiger partial charge in [0.25, 0.3) is 5.91 Å². The first kappa shape index (κ1) is 27.1. The molecule has 7 heteroatoms. The number of hydrogen-bond acceptors (Lipinski definition) is 6. The van der Waals surface area contributed by atoms with Gasteiger partial charge in [-0.2, -0.15) is 0 Å². The number of ketones is 1. The van der Waals surface area contributed by atoms with Crippen LogP contribution in [0.2, 0.25) is 0 Å². The second kappa shape index (κ2) is 11.4. The zero-order valence-electron chi connectivity index (χ0n) is 23.8. The number of nitrogens with one attached hydrogen (secondary N) is 1. The maximum Gasteiger partial charge on any atom is 0.259 e. The Morgan fingerprint density at radius 3 is 2.17 bits per heavy atom. The molecule has 42 heavy (non-hydrogen) atoms. The Labute approximate surface area is 245 Å². The van der Waals surface area contributed by atoms with E-state index in [4.69, 9.17) is 14.2 Å². The summed E-state index contributed by atoms with van der Waals surface area (Å²) < 4.78 is 16.5. The lowest BCUT2D eigenvalue weighted by Crippen LogP contribution is -2.38. The monoisotopic (exact) mass is 560 g/mol. The van der Waals surface area contributed by atoms with Crippen LogP contribution in [0.5, 0.6) is 17.2 Å². The molecule has 0 bridgehead atoms. The fourth-order valence-electron chi connectivity index (χ4n) is 5.98. The number of carbonyl (C=O) groups excluding carboxylic acids is 2. The summed E-state index contributed by atoms with van der Waals surface area (Å²) in [6.45, 7) is 0. The van der Waals surface area contributed by atoms with E-state index in [1.165, 1.54) is 0 Å². The molecular formula is C35H32N2O5. The van der Waals surface area contributed by atoms with E-state index in [2.05, 4.69) is 5.32 Å². The van der Waals surface area contributed by atoms with Crippen molar-refractivity contribution in [2.75, 3.05) is 31.5 Å². The van der Waals surface area contributed by atoms with Gasteiger partial charge in [-0.3, -0.25) is 14.5 Å². The standard InChI is InChI=1S/C35H32N2O5/c1-40-26-16-13-22(14-17-26)25-19-28-33(30(38)20-25)34(24-15-18-31(41-2)32(21-24)42-3)37(29-12-8-7-11-27(29)36-28)35(39)23-9-5-4-6-10-23/h4-18,21,25,34,36H,19-20H2,1-3H3. The van der Waals surface area contributed by atoms with E-state index >= 15 is 0 Å². The van der Waals surface area contributed by atoms with Crippen molar-refractivity contribution >= 4 is 23.1 Å². The minimum Gasteiger partial charge on any atom is -0.497 e. The van der Waals surface area contributed by atoms with E-state index in [0.717, 1.165) is 28.3 Å². The number of fused-ring (bicyclic) bond motifs is 1. The number of methoxy groups -OCH3 is 3. The number of nitrogens with zero attached hydrogens (tertiary/aromatic N) is 1. The molecule has 4 aromatic rings. The van der Waals surface area contributed by atoms with Crippen molar-refractivity contribution in [3.8, 4) is 17.2 Å². The highest BCUT2D eigenvalue weighted by molar-refractivity contribution is 6.12. The van der Waals surface area contributed by atoms with Gasteiger partial charge in [0.15, 0.2) is 17.3 Å². The van der Waals surface area contributed by atoms with Gasteiger partial charge in [0, 0.05) is 23.3 Å². The molecule has 7 nitrogen and oxygen atoms in total. The molecule has 0 saturated heterocycles. The third-order valence-corrected chi connectivity index (χ3v) is 8.04. The van der Waals surface area contributed by atoms with Crippen LogP contribution in [0.3, 0.4) is 0 Å². The van der Waals surface area contributed by atoms with Crippen molar-refractivity contribution in [3.63, 3.8) is 0 Å². The summed E-state index contributed by atoms with van der Waals surface area (Å²) in [6, 6.07) is 29.6. The van der Waals surface area contributed by atoms with Gasteiger partial charge in [-0.1, -0.05) is 48.5 Å². The number of amides is 1. The van der Waals surface area contributed by atoms with Crippen molar-refractivity contribution in [1.82, 2.24) is 0 Å². The molecule has 2 aliphatic rings. The van der Waals surface area contributed by atoms with Crippen LogP contribution in [0.4, 0.5) is 11.4 Å². The van der Waals surface area contributed by atoms with Crippen LogP contribution in [0.1, 0.15) is 46.3 Å². The van der Waals surface area contributed by atoms with Crippen LogP contribution >= 0.6 is 0 Å². The molecule has 212 valence electrons. The van der Waals surface area contributed by atoms with E-state index in [1.807, 2.05) is 84.9 Å². The van der Waals surface area contributed by atoms with Crippen molar-refractivity contribution in [3.05, 3.63) is 125 Å². The lowest BCUT2D eigenvalue weighted by Gasteiger charge is -2.35. The number of Topliss-reactive ketones (excluding diaryl/α,β-unsaturated/α-hetero) is 1. The minimum atomic E-state index is -0.701. The summed E-state index contributed by atoms with van der Waals surface area (Å²) in [4.78, 5) is 30.4. The topological polar surface area (TPSA) is 77.1 Å². The van der Waals surface area contributed by atoms with Gasteiger partial charge in [-0.15, -0.1) is 0 Å². The summed E-state index contributed by atoms with van der Waals surface area (Å²) >= 11 is 0. The molecule has 1 heterocycles. The molecule has 0 aromatic heterocycles.